The summed E-state index contributed by atoms with van der Waals surface area (Å²) in [4.78, 5) is 40.3. The van der Waals surface area contributed by atoms with Gasteiger partial charge in [0.05, 0.1) is 17.0 Å². The Labute approximate surface area is 216 Å². The predicted octanol–water partition coefficient (Wildman–Crippen LogP) is 3.55. The van der Waals surface area contributed by atoms with Crippen LogP contribution in [0.4, 0.5) is 0 Å². The average Bonchev–Trinajstić information content (AvgIpc) is 3.46. The Hall–Kier alpha value is -3.64. The summed E-state index contributed by atoms with van der Waals surface area (Å²) in [6.45, 7) is 8.28. The first-order chi connectivity index (χ1) is 17.4. The molecule has 4 atom stereocenters. The maximum Gasteiger partial charge on any atom is 0.311 e. The zero-order chi connectivity index (χ0) is 27.0. The molecule has 0 spiro atoms. The van der Waals surface area contributed by atoms with Gasteiger partial charge in [0, 0.05) is 29.7 Å². The zero-order valence-corrected chi connectivity index (χ0v) is 21.7. The number of hydrogen-bond acceptors (Lipinski definition) is 6. The van der Waals surface area contributed by atoms with Crippen LogP contribution in [0.1, 0.15) is 69.5 Å². The molecule has 1 unspecified atom stereocenters. The number of nitrogens with zero attached hydrogens (tertiary/aromatic N) is 2. The third-order valence-electron chi connectivity index (χ3n) is 7.35. The third kappa shape index (κ3) is 5.54. The average molecular weight is 507 g/mol. The molecule has 1 saturated carbocycles. The number of carbonyl (C=O) groups excluding carboxylic acids is 2. The van der Waals surface area contributed by atoms with Crippen LogP contribution >= 0.6 is 0 Å². The second-order valence-electron chi connectivity index (χ2n) is 11.3. The molecule has 0 bridgehead atoms. The molecule has 9 nitrogen and oxygen atoms in total. The van der Waals surface area contributed by atoms with E-state index in [9.17, 15) is 19.5 Å². The van der Waals surface area contributed by atoms with E-state index < -0.39 is 29.4 Å². The van der Waals surface area contributed by atoms with Gasteiger partial charge in [-0.05, 0) is 77.6 Å². The van der Waals surface area contributed by atoms with Gasteiger partial charge in [-0.25, -0.2) is 0 Å². The molecule has 1 aliphatic carbocycles. The first kappa shape index (κ1) is 26.4. The van der Waals surface area contributed by atoms with Gasteiger partial charge >= 0.3 is 5.97 Å². The van der Waals surface area contributed by atoms with E-state index >= 15 is 0 Å². The standard InChI is InChI=1S/C28H34N4O5/c1-27(2,3)31-19-8-11-23(28(4,15-19)26(35)36)32-13-12-20(25(32)34)30-24(33)22-10-9-21(37-22)18-7-5-6-17(14-18)16-29/h5-7,9-10,14,19-20,23,31H,8,11-13,15H2,1-4H3,(H,30,33)(H,35,36)/t19-,20?,23+,28-/m1/s1. The van der Waals surface area contributed by atoms with Crippen LogP contribution in [0.15, 0.2) is 40.8 Å². The van der Waals surface area contributed by atoms with Gasteiger partial charge in [0.2, 0.25) is 5.91 Å². The third-order valence-corrected chi connectivity index (χ3v) is 7.35. The molecule has 1 aliphatic heterocycles. The zero-order valence-electron chi connectivity index (χ0n) is 21.7. The highest BCUT2D eigenvalue weighted by molar-refractivity contribution is 5.96. The molecule has 4 rings (SSSR count). The minimum Gasteiger partial charge on any atom is -0.481 e. The van der Waals surface area contributed by atoms with Crippen molar-refractivity contribution in [3.8, 4) is 17.4 Å². The maximum atomic E-state index is 13.3. The van der Waals surface area contributed by atoms with Crippen LogP contribution in [0.3, 0.4) is 0 Å². The summed E-state index contributed by atoms with van der Waals surface area (Å²) < 4.78 is 5.70. The highest BCUT2D eigenvalue weighted by Crippen LogP contribution is 2.41. The van der Waals surface area contributed by atoms with Crippen molar-refractivity contribution < 1.29 is 23.9 Å². The van der Waals surface area contributed by atoms with Crippen molar-refractivity contribution in [1.29, 1.82) is 5.26 Å². The summed E-state index contributed by atoms with van der Waals surface area (Å²) in [5.74, 6) is -1.18. The van der Waals surface area contributed by atoms with Crippen molar-refractivity contribution in [2.24, 2.45) is 5.41 Å². The van der Waals surface area contributed by atoms with Gasteiger partial charge in [0.25, 0.3) is 5.91 Å². The van der Waals surface area contributed by atoms with Crippen molar-refractivity contribution >= 4 is 17.8 Å². The Morgan fingerprint density at radius 1 is 1.19 bits per heavy atom. The summed E-state index contributed by atoms with van der Waals surface area (Å²) in [5, 5.41) is 25.5. The van der Waals surface area contributed by atoms with Gasteiger partial charge in [-0.15, -0.1) is 0 Å². The number of rotatable bonds is 6. The van der Waals surface area contributed by atoms with Crippen molar-refractivity contribution in [3.05, 3.63) is 47.7 Å². The minimum atomic E-state index is -1.09. The quantitative estimate of drug-likeness (QED) is 0.545. The van der Waals surface area contributed by atoms with Crippen molar-refractivity contribution in [2.75, 3.05) is 6.54 Å². The van der Waals surface area contributed by atoms with Crippen LogP contribution in [-0.2, 0) is 9.59 Å². The van der Waals surface area contributed by atoms with E-state index in [-0.39, 0.29) is 23.2 Å². The second kappa shape index (κ2) is 10.0. The van der Waals surface area contributed by atoms with Crippen LogP contribution in [0.5, 0.6) is 0 Å². The number of carboxylic acids is 1. The molecule has 9 heteroatoms. The molecule has 2 aliphatic rings. The van der Waals surface area contributed by atoms with E-state index in [0.717, 1.165) is 6.42 Å². The molecule has 2 heterocycles. The lowest BCUT2D eigenvalue weighted by atomic mass is 9.68. The molecule has 196 valence electrons. The molecule has 1 aromatic heterocycles. The Morgan fingerprint density at radius 2 is 1.95 bits per heavy atom. The van der Waals surface area contributed by atoms with E-state index in [4.69, 9.17) is 9.68 Å². The molecule has 3 N–H and O–H groups in total. The Bertz CT molecular complexity index is 1240. The van der Waals surface area contributed by atoms with E-state index in [1.807, 2.05) is 0 Å². The van der Waals surface area contributed by atoms with Crippen molar-refractivity contribution in [1.82, 2.24) is 15.5 Å². The summed E-state index contributed by atoms with van der Waals surface area (Å²) >= 11 is 0. The lowest BCUT2D eigenvalue weighted by molar-refractivity contribution is -0.158. The molecule has 2 amide bonds. The smallest absolute Gasteiger partial charge is 0.311 e. The Balaban J connectivity index is 1.43. The van der Waals surface area contributed by atoms with Gasteiger partial charge < -0.3 is 25.1 Å². The van der Waals surface area contributed by atoms with E-state index in [0.29, 0.717) is 42.7 Å². The number of benzene rings is 1. The fourth-order valence-electron chi connectivity index (χ4n) is 5.62. The SMILES string of the molecule is CC(C)(C)N[C@@H]1CC[C@H](N2CCC(NC(=O)c3ccc(-c4cccc(C#N)c4)o3)C2=O)[C@](C)(C(=O)O)C1. The normalized spacial score (nSPS) is 26.1. The number of carboxylic acid groups (broad SMARTS) is 1. The first-order valence-electron chi connectivity index (χ1n) is 12.6. The van der Waals surface area contributed by atoms with Gasteiger partial charge in [-0.3, -0.25) is 14.4 Å². The number of aliphatic carboxylic acids is 1. The fraction of sp³-hybridized carbons (Fsp3) is 0.500. The molecular formula is C28H34N4O5. The highest BCUT2D eigenvalue weighted by Gasteiger charge is 2.52. The van der Waals surface area contributed by atoms with Crippen LogP contribution in [0.25, 0.3) is 11.3 Å². The molecule has 2 fully saturated rings. The van der Waals surface area contributed by atoms with Gasteiger partial charge in [0.15, 0.2) is 5.76 Å². The number of hydrogen-bond donors (Lipinski definition) is 3. The number of amides is 2. The predicted molar refractivity (Wildman–Crippen MR) is 137 cm³/mol. The summed E-state index contributed by atoms with van der Waals surface area (Å²) in [7, 11) is 0. The van der Waals surface area contributed by atoms with E-state index in [2.05, 4.69) is 37.5 Å². The maximum absolute atomic E-state index is 13.3. The molecule has 1 aromatic carbocycles. The number of nitriles is 1. The molecule has 0 radical (unpaired) electrons. The lowest BCUT2D eigenvalue weighted by Crippen LogP contribution is -2.59. The van der Waals surface area contributed by atoms with Gasteiger partial charge in [0.1, 0.15) is 11.8 Å². The summed E-state index contributed by atoms with van der Waals surface area (Å²) in [6, 6.07) is 11.0. The molecule has 1 saturated heterocycles. The molecule has 37 heavy (non-hydrogen) atoms. The van der Waals surface area contributed by atoms with Crippen LogP contribution < -0.4 is 10.6 Å². The molecule has 2 aromatic rings. The van der Waals surface area contributed by atoms with Gasteiger partial charge in [-0.2, -0.15) is 5.26 Å². The first-order valence-corrected chi connectivity index (χ1v) is 12.6. The summed E-state index contributed by atoms with van der Waals surface area (Å²) in [6.07, 6.45) is 2.17. The van der Waals surface area contributed by atoms with Crippen molar-refractivity contribution in [2.45, 2.75) is 77.0 Å². The summed E-state index contributed by atoms with van der Waals surface area (Å²) in [5.41, 5.74) is -0.0808. The number of likely N-dealkylation sites (tertiary alicyclic amines) is 1. The number of nitrogens with one attached hydrogen (secondary N) is 2. The van der Waals surface area contributed by atoms with Crippen molar-refractivity contribution in [3.63, 3.8) is 0 Å². The molecular weight excluding hydrogens is 472 g/mol. The van der Waals surface area contributed by atoms with Crippen LogP contribution in [0.2, 0.25) is 0 Å². The Morgan fingerprint density at radius 3 is 2.62 bits per heavy atom. The largest absolute Gasteiger partial charge is 0.481 e. The lowest BCUT2D eigenvalue weighted by Gasteiger charge is -2.47. The Kier molecular flexibility index (Phi) is 7.16. The van der Waals surface area contributed by atoms with Crippen LogP contribution in [-0.4, -0.2) is 58.0 Å². The minimum absolute atomic E-state index is 0.0487. The topological polar surface area (TPSA) is 136 Å². The van der Waals surface area contributed by atoms with Crippen LogP contribution in [0, 0.1) is 16.7 Å². The highest BCUT2D eigenvalue weighted by atomic mass is 16.4. The number of furan rings is 1. The van der Waals surface area contributed by atoms with E-state index in [1.165, 1.54) is 6.07 Å². The number of carbonyl (C=O) groups is 3. The second-order valence-corrected chi connectivity index (χ2v) is 11.3. The monoisotopic (exact) mass is 506 g/mol. The van der Waals surface area contributed by atoms with E-state index in [1.54, 1.807) is 42.2 Å². The van der Waals surface area contributed by atoms with Gasteiger partial charge in [-0.1, -0.05) is 12.1 Å². The fourth-order valence-corrected chi connectivity index (χ4v) is 5.62.